The number of hydrogen-bond donors (Lipinski definition) is 4. The minimum Gasteiger partial charge on any atom is -0.494 e. The number of rotatable bonds is 6. The molecule has 3 aromatic rings. The van der Waals surface area contributed by atoms with Crippen molar-refractivity contribution in [2.45, 2.75) is 51.6 Å². The molecule has 7 heteroatoms. The van der Waals surface area contributed by atoms with Gasteiger partial charge in [-0.2, -0.15) is 0 Å². The van der Waals surface area contributed by atoms with Gasteiger partial charge in [-0.05, 0) is 24.5 Å². The maximum Gasteiger partial charge on any atom is 0.331 e. The highest BCUT2D eigenvalue weighted by atomic mass is 16.3. The Hall–Kier alpha value is -2.80. The molecule has 3 heterocycles. The summed E-state index contributed by atoms with van der Waals surface area (Å²) in [5, 5.41) is 15.3. The number of nitrogens with one attached hydrogen (secondary N) is 3. The fourth-order valence-corrected chi connectivity index (χ4v) is 4.17. The summed E-state index contributed by atoms with van der Waals surface area (Å²) in [6.07, 6.45) is 4.76. The molecule has 2 aromatic heterocycles. The van der Waals surface area contributed by atoms with Gasteiger partial charge in [-0.1, -0.05) is 44.4 Å². The van der Waals surface area contributed by atoms with Gasteiger partial charge in [0, 0.05) is 29.7 Å². The molecule has 0 amide bonds. The zero-order valence-electron chi connectivity index (χ0n) is 16.0. The molecular formula is C21H26N4O3. The smallest absolute Gasteiger partial charge is 0.331 e. The van der Waals surface area contributed by atoms with Gasteiger partial charge in [-0.15, -0.1) is 0 Å². The fourth-order valence-electron chi connectivity index (χ4n) is 4.17. The summed E-state index contributed by atoms with van der Waals surface area (Å²) in [6, 6.07) is 7.54. The fraction of sp³-hybridized carbons (Fsp3) is 0.429. The molecule has 1 aliphatic heterocycles. The lowest BCUT2D eigenvalue weighted by atomic mass is 9.95. The Morgan fingerprint density at radius 2 is 1.96 bits per heavy atom. The van der Waals surface area contributed by atoms with Crippen molar-refractivity contribution >= 4 is 10.9 Å². The molecule has 4 N–H and O–H groups in total. The Labute approximate surface area is 162 Å². The van der Waals surface area contributed by atoms with E-state index in [2.05, 4.69) is 28.3 Å². The van der Waals surface area contributed by atoms with Gasteiger partial charge in [0.15, 0.2) is 0 Å². The van der Waals surface area contributed by atoms with Gasteiger partial charge in [-0.3, -0.25) is 14.3 Å². The first-order chi connectivity index (χ1) is 13.6. The molecule has 0 saturated heterocycles. The van der Waals surface area contributed by atoms with Crippen LogP contribution in [0, 0.1) is 0 Å². The number of aromatic amines is 2. The lowest BCUT2D eigenvalue weighted by Crippen LogP contribution is -2.39. The van der Waals surface area contributed by atoms with Crippen LogP contribution in [-0.4, -0.2) is 26.2 Å². The molecular weight excluding hydrogens is 356 g/mol. The topological polar surface area (TPSA) is 103 Å². The Balaban J connectivity index is 1.78. The molecule has 0 saturated carbocycles. The third kappa shape index (κ3) is 3.16. The molecule has 1 aromatic carbocycles. The van der Waals surface area contributed by atoms with E-state index in [1.54, 1.807) is 0 Å². The SMILES string of the molecule is CCCCCCn1c(O)c([C@H]2NCCc3c2[nH]c2ccccc32)c(=O)[nH]c1=O. The standard InChI is InChI=1S/C21H26N4O3/c1-2-3-4-7-12-25-20(27)16(19(26)24-21(25)28)18-17-14(10-11-22-18)13-8-5-6-9-15(13)23-17/h5-6,8-9,18,22-23,27H,2-4,7,10-12H2,1H3,(H,24,26,28)/t18-/m1/s1. The van der Waals surface area contributed by atoms with E-state index >= 15 is 0 Å². The monoisotopic (exact) mass is 382 g/mol. The average molecular weight is 382 g/mol. The van der Waals surface area contributed by atoms with Crippen molar-refractivity contribution in [1.29, 1.82) is 0 Å². The van der Waals surface area contributed by atoms with Crippen LogP contribution in [0.15, 0.2) is 33.9 Å². The second-order valence-electron chi connectivity index (χ2n) is 7.41. The van der Waals surface area contributed by atoms with Gasteiger partial charge in [0.25, 0.3) is 5.56 Å². The maximum absolute atomic E-state index is 12.6. The van der Waals surface area contributed by atoms with E-state index in [4.69, 9.17) is 0 Å². The number of para-hydroxylation sites is 1. The Morgan fingerprint density at radius 1 is 1.14 bits per heavy atom. The van der Waals surface area contributed by atoms with Crippen LogP contribution in [-0.2, 0) is 13.0 Å². The second-order valence-corrected chi connectivity index (χ2v) is 7.41. The van der Waals surface area contributed by atoms with Gasteiger partial charge in [0.1, 0.15) is 5.56 Å². The van der Waals surface area contributed by atoms with Crippen LogP contribution in [0.2, 0.25) is 0 Å². The first-order valence-electron chi connectivity index (χ1n) is 10.0. The summed E-state index contributed by atoms with van der Waals surface area (Å²) < 4.78 is 1.28. The predicted octanol–water partition coefficient (Wildman–Crippen LogP) is 2.54. The van der Waals surface area contributed by atoms with E-state index < -0.39 is 17.3 Å². The van der Waals surface area contributed by atoms with Crippen molar-refractivity contribution in [2.24, 2.45) is 0 Å². The normalized spacial score (nSPS) is 16.4. The van der Waals surface area contributed by atoms with Crippen LogP contribution in [0.5, 0.6) is 5.88 Å². The summed E-state index contributed by atoms with van der Waals surface area (Å²) >= 11 is 0. The van der Waals surface area contributed by atoms with Crippen LogP contribution in [0.3, 0.4) is 0 Å². The molecule has 0 spiro atoms. The zero-order valence-corrected chi connectivity index (χ0v) is 16.0. The van der Waals surface area contributed by atoms with Crippen molar-refractivity contribution in [1.82, 2.24) is 19.9 Å². The molecule has 1 aliphatic rings. The molecule has 7 nitrogen and oxygen atoms in total. The second kappa shape index (κ2) is 7.67. The van der Waals surface area contributed by atoms with Gasteiger partial charge < -0.3 is 15.4 Å². The molecule has 4 rings (SSSR count). The highest BCUT2D eigenvalue weighted by Gasteiger charge is 2.30. The molecule has 28 heavy (non-hydrogen) atoms. The van der Waals surface area contributed by atoms with Crippen molar-refractivity contribution in [3.8, 4) is 5.88 Å². The Morgan fingerprint density at radius 3 is 2.79 bits per heavy atom. The first-order valence-corrected chi connectivity index (χ1v) is 10.0. The minimum absolute atomic E-state index is 0.197. The number of nitrogens with zero attached hydrogens (tertiary/aromatic N) is 1. The lowest BCUT2D eigenvalue weighted by Gasteiger charge is -2.25. The number of aromatic hydroxyl groups is 1. The third-order valence-electron chi connectivity index (χ3n) is 5.59. The number of H-pyrrole nitrogens is 2. The highest BCUT2D eigenvalue weighted by Crippen LogP contribution is 2.34. The van der Waals surface area contributed by atoms with E-state index in [0.717, 1.165) is 54.3 Å². The van der Waals surface area contributed by atoms with Crippen LogP contribution in [0.4, 0.5) is 0 Å². The molecule has 148 valence electrons. The van der Waals surface area contributed by atoms with Crippen molar-refractivity contribution in [3.05, 3.63) is 61.9 Å². The molecule has 0 bridgehead atoms. The van der Waals surface area contributed by atoms with Crippen LogP contribution in [0.25, 0.3) is 10.9 Å². The highest BCUT2D eigenvalue weighted by molar-refractivity contribution is 5.85. The number of fused-ring (bicyclic) bond motifs is 3. The van der Waals surface area contributed by atoms with E-state index in [0.29, 0.717) is 13.1 Å². The number of hydrogen-bond acceptors (Lipinski definition) is 4. The molecule has 0 radical (unpaired) electrons. The van der Waals surface area contributed by atoms with Gasteiger partial charge >= 0.3 is 5.69 Å². The number of benzene rings is 1. The predicted molar refractivity (Wildman–Crippen MR) is 109 cm³/mol. The summed E-state index contributed by atoms with van der Waals surface area (Å²) in [4.78, 5) is 30.7. The van der Waals surface area contributed by atoms with Crippen molar-refractivity contribution in [3.63, 3.8) is 0 Å². The van der Waals surface area contributed by atoms with Gasteiger partial charge in [0.05, 0.1) is 6.04 Å². The molecule has 0 fully saturated rings. The van der Waals surface area contributed by atoms with Crippen molar-refractivity contribution in [2.75, 3.05) is 6.54 Å². The largest absolute Gasteiger partial charge is 0.494 e. The molecule has 0 aliphatic carbocycles. The van der Waals surface area contributed by atoms with E-state index in [9.17, 15) is 14.7 Å². The third-order valence-corrected chi connectivity index (χ3v) is 5.59. The molecule has 0 unspecified atom stereocenters. The number of unbranched alkanes of at least 4 members (excludes halogenated alkanes) is 3. The van der Waals surface area contributed by atoms with Crippen LogP contribution >= 0.6 is 0 Å². The van der Waals surface area contributed by atoms with E-state index in [-0.39, 0.29) is 11.4 Å². The quantitative estimate of drug-likeness (QED) is 0.492. The summed E-state index contributed by atoms with van der Waals surface area (Å²) in [5.74, 6) is -0.241. The van der Waals surface area contributed by atoms with Gasteiger partial charge in [-0.25, -0.2) is 4.79 Å². The zero-order chi connectivity index (χ0) is 19.7. The summed E-state index contributed by atoms with van der Waals surface area (Å²) in [6.45, 7) is 3.20. The van der Waals surface area contributed by atoms with Gasteiger partial charge in [0.2, 0.25) is 5.88 Å². The average Bonchev–Trinajstić information content (AvgIpc) is 3.07. The number of aromatic nitrogens is 3. The van der Waals surface area contributed by atoms with E-state index in [1.165, 1.54) is 4.57 Å². The maximum atomic E-state index is 12.6. The van der Waals surface area contributed by atoms with Crippen LogP contribution in [0.1, 0.15) is 55.5 Å². The van der Waals surface area contributed by atoms with Crippen molar-refractivity contribution < 1.29 is 5.11 Å². The lowest BCUT2D eigenvalue weighted by molar-refractivity contribution is 0.376. The summed E-state index contributed by atoms with van der Waals surface area (Å²) in [5.41, 5.74) is 2.13. The summed E-state index contributed by atoms with van der Waals surface area (Å²) in [7, 11) is 0. The minimum atomic E-state index is -0.560. The van der Waals surface area contributed by atoms with E-state index in [1.807, 2.05) is 18.2 Å². The van der Waals surface area contributed by atoms with Crippen LogP contribution < -0.4 is 16.6 Å². The first kappa shape index (κ1) is 18.6. The Bertz CT molecular complexity index is 1110. The molecule has 1 atom stereocenters. The Kier molecular flexibility index (Phi) is 5.09.